The molecule has 0 N–H and O–H groups in total. The van der Waals surface area contributed by atoms with Crippen LogP contribution in [0.1, 0.15) is 42.6 Å². The van der Waals surface area contributed by atoms with Crippen molar-refractivity contribution in [1.29, 1.82) is 0 Å². The molecule has 15 heavy (non-hydrogen) atoms. The molecule has 0 amide bonds. The predicted molar refractivity (Wildman–Crippen MR) is 64.7 cm³/mol. The van der Waals surface area contributed by atoms with Crippen molar-refractivity contribution in [3.63, 3.8) is 0 Å². The van der Waals surface area contributed by atoms with Crippen LogP contribution in [0.15, 0.2) is 24.3 Å². The Morgan fingerprint density at radius 1 is 1.33 bits per heavy atom. The van der Waals surface area contributed by atoms with Crippen molar-refractivity contribution in [2.45, 2.75) is 38.5 Å². The van der Waals surface area contributed by atoms with E-state index in [2.05, 4.69) is 6.92 Å². The summed E-state index contributed by atoms with van der Waals surface area (Å²) in [6.45, 7) is 3.71. The van der Waals surface area contributed by atoms with Crippen molar-refractivity contribution in [1.82, 2.24) is 0 Å². The lowest BCUT2D eigenvalue weighted by molar-refractivity contribution is 0.101. The van der Waals surface area contributed by atoms with Crippen LogP contribution in [0, 0.1) is 0 Å². The summed E-state index contributed by atoms with van der Waals surface area (Å²) in [6, 6.07) is 7.71. The summed E-state index contributed by atoms with van der Waals surface area (Å²) < 4.78 is 0. The molecule has 1 rings (SSSR count). The average Bonchev–Trinajstić information content (AvgIpc) is 2.18. The molecule has 0 aliphatic carbocycles. The first-order chi connectivity index (χ1) is 7.13. The molecule has 0 aromatic heterocycles. The molecule has 0 spiro atoms. The Labute approximate surface area is 96.5 Å². The SMILES string of the molecule is CCCC(Cl)Cc1ccc(C(C)=O)cc1. The van der Waals surface area contributed by atoms with Crippen LogP contribution in [-0.2, 0) is 6.42 Å². The Morgan fingerprint density at radius 2 is 1.93 bits per heavy atom. The van der Waals surface area contributed by atoms with E-state index in [-0.39, 0.29) is 11.2 Å². The minimum absolute atomic E-state index is 0.109. The minimum Gasteiger partial charge on any atom is -0.295 e. The minimum atomic E-state index is 0.109. The molecule has 0 bridgehead atoms. The molecule has 1 unspecified atom stereocenters. The molecule has 1 aromatic carbocycles. The summed E-state index contributed by atoms with van der Waals surface area (Å²) in [4.78, 5) is 11.1. The predicted octanol–water partition coefficient (Wildman–Crippen LogP) is 3.84. The van der Waals surface area contributed by atoms with Crippen molar-refractivity contribution < 1.29 is 4.79 Å². The number of carbonyl (C=O) groups excluding carboxylic acids is 1. The van der Waals surface area contributed by atoms with Gasteiger partial charge in [0, 0.05) is 10.9 Å². The molecule has 0 saturated carbocycles. The second-order valence-electron chi connectivity index (χ2n) is 3.84. The summed E-state index contributed by atoms with van der Waals surface area (Å²) in [7, 11) is 0. The number of alkyl halides is 1. The second kappa shape index (κ2) is 5.92. The van der Waals surface area contributed by atoms with Gasteiger partial charge >= 0.3 is 0 Å². The zero-order valence-electron chi connectivity index (χ0n) is 9.29. The molecule has 1 aromatic rings. The van der Waals surface area contributed by atoms with Crippen molar-refractivity contribution in [2.75, 3.05) is 0 Å². The number of halogens is 1. The van der Waals surface area contributed by atoms with Crippen LogP contribution in [0.25, 0.3) is 0 Å². The molecule has 0 heterocycles. The highest BCUT2D eigenvalue weighted by molar-refractivity contribution is 6.20. The summed E-state index contributed by atoms with van der Waals surface area (Å²) in [5.41, 5.74) is 1.97. The zero-order valence-corrected chi connectivity index (χ0v) is 10.1. The summed E-state index contributed by atoms with van der Waals surface area (Å²) in [5.74, 6) is 0.109. The summed E-state index contributed by atoms with van der Waals surface area (Å²) in [6.07, 6.45) is 3.03. The van der Waals surface area contributed by atoms with Crippen molar-refractivity contribution in [3.05, 3.63) is 35.4 Å². The first-order valence-electron chi connectivity index (χ1n) is 5.37. The quantitative estimate of drug-likeness (QED) is 0.549. The molecular formula is C13H17ClO. The largest absolute Gasteiger partial charge is 0.295 e. The maximum Gasteiger partial charge on any atom is 0.159 e. The van der Waals surface area contributed by atoms with Gasteiger partial charge in [0.05, 0.1) is 0 Å². The third kappa shape index (κ3) is 4.05. The van der Waals surface area contributed by atoms with E-state index in [1.807, 2.05) is 24.3 Å². The van der Waals surface area contributed by atoms with E-state index in [1.54, 1.807) is 6.92 Å². The fraction of sp³-hybridized carbons (Fsp3) is 0.462. The molecular weight excluding hydrogens is 208 g/mol. The van der Waals surface area contributed by atoms with Gasteiger partial charge in [-0.2, -0.15) is 0 Å². The Hall–Kier alpha value is -0.820. The average molecular weight is 225 g/mol. The van der Waals surface area contributed by atoms with E-state index in [9.17, 15) is 4.79 Å². The van der Waals surface area contributed by atoms with Gasteiger partial charge < -0.3 is 0 Å². The normalized spacial score (nSPS) is 12.5. The van der Waals surface area contributed by atoms with Crippen LogP contribution in [0.3, 0.4) is 0 Å². The third-order valence-electron chi connectivity index (χ3n) is 2.42. The lowest BCUT2D eigenvalue weighted by atomic mass is 10.0. The Balaban J connectivity index is 2.60. The maximum absolute atomic E-state index is 11.1. The topological polar surface area (TPSA) is 17.1 Å². The summed E-state index contributed by atoms with van der Waals surface area (Å²) >= 11 is 6.15. The number of hydrogen-bond acceptors (Lipinski definition) is 1. The third-order valence-corrected chi connectivity index (χ3v) is 2.79. The van der Waals surface area contributed by atoms with E-state index < -0.39 is 0 Å². The number of carbonyl (C=O) groups is 1. The highest BCUT2D eigenvalue weighted by Gasteiger charge is 2.05. The number of Topliss-reactive ketones (excluding diaryl/α,β-unsaturated/α-hetero) is 1. The molecule has 0 fully saturated rings. The molecule has 0 aliphatic heterocycles. The zero-order chi connectivity index (χ0) is 11.3. The van der Waals surface area contributed by atoms with Gasteiger partial charge in [-0.05, 0) is 25.3 Å². The van der Waals surface area contributed by atoms with Crippen molar-refractivity contribution in [3.8, 4) is 0 Å². The van der Waals surface area contributed by atoms with Gasteiger partial charge in [0.1, 0.15) is 0 Å². The van der Waals surface area contributed by atoms with Gasteiger partial charge in [-0.15, -0.1) is 11.6 Å². The smallest absolute Gasteiger partial charge is 0.159 e. The van der Waals surface area contributed by atoms with Gasteiger partial charge in [-0.3, -0.25) is 4.79 Å². The second-order valence-corrected chi connectivity index (χ2v) is 4.46. The van der Waals surface area contributed by atoms with Crippen LogP contribution < -0.4 is 0 Å². The number of ketones is 1. The van der Waals surface area contributed by atoms with E-state index in [1.165, 1.54) is 5.56 Å². The van der Waals surface area contributed by atoms with E-state index >= 15 is 0 Å². The first kappa shape index (κ1) is 12.3. The Morgan fingerprint density at radius 3 is 2.40 bits per heavy atom. The molecule has 82 valence electrons. The van der Waals surface area contributed by atoms with Gasteiger partial charge in [0.25, 0.3) is 0 Å². The fourth-order valence-corrected chi connectivity index (χ4v) is 1.94. The molecule has 1 atom stereocenters. The van der Waals surface area contributed by atoms with Crippen molar-refractivity contribution >= 4 is 17.4 Å². The van der Waals surface area contributed by atoms with Crippen LogP contribution in [-0.4, -0.2) is 11.2 Å². The van der Waals surface area contributed by atoms with E-state index in [4.69, 9.17) is 11.6 Å². The Kier molecular flexibility index (Phi) is 4.83. The van der Waals surface area contributed by atoms with Gasteiger partial charge in [0.2, 0.25) is 0 Å². The van der Waals surface area contributed by atoms with Crippen LogP contribution in [0.5, 0.6) is 0 Å². The van der Waals surface area contributed by atoms with E-state index in [0.717, 1.165) is 24.8 Å². The van der Waals surface area contributed by atoms with Gasteiger partial charge in [0.15, 0.2) is 5.78 Å². The lowest BCUT2D eigenvalue weighted by Crippen LogP contribution is -2.03. The molecule has 1 nitrogen and oxygen atoms in total. The maximum atomic E-state index is 11.1. The summed E-state index contributed by atoms with van der Waals surface area (Å²) in [5, 5.41) is 0.207. The number of rotatable bonds is 5. The molecule has 0 saturated heterocycles. The van der Waals surface area contributed by atoms with Crippen LogP contribution in [0.4, 0.5) is 0 Å². The Bertz CT molecular complexity index is 316. The highest BCUT2D eigenvalue weighted by atomic mass is 35.5. The molecule has 0 radical (unpaired) electrons. The molecule has 2 heteroatoms. The fourth-order valence-electron chi connectivity index (χ4n) is 1.55. The standard InChI is InChI=1S/C13H17ClO/c1-3-4-13(14)9-11-5-7-12(8-6-11)10(2)15/h5-8,13H,3-4,9H2,1-2H3. The van der Waals surface area contributed by atoms with Crippen molar-refractivity contribution in [2.24, 2.45) is 0 Å². The van der Waals surface area contributed by atoms with Crippen LogP contribution in [0.2, 0.25) is 0 Å². The lowest BCUT2D eigenvalue weighted by Gasteiger charge is -2.07. The first-order valence-corrected chi connectivity index (χ1v) is 5.81. The van der Waals surface area contributed by atoms with E-state index in [0.29, 0.717) is 0 Å². The highest BCUT2D eigenvalue weighted by Crippen LogP contribution is 2.14. The van der Waals surface area contributed by atoms with Crippen LogP contribution >= 0.6 is 11.6 Å². The monoisotopic (exact) mass is 224 g/mol. The molecule has 0 aliphatic rings. The van der Waals surface area contributed by atoms with Gasteiger partial charge in [-0.1, -0.05) is 37.6 Å². The number of benzene rings is 1. The van der Waals surface area contributed by atoms with Gasteiger partial charge in [-0.25, -0.2) is 0 Å². The number of hydrogen-bond donors (Lipinski definition) is 0.